The van der Waals surface area contributed by atoms with Crippen LogP contribution in [0.4, 0.5) is 0 Å². The van der Waals surface area contributed by atoms with Crippen LogP contribution in [-0.2, 0) is 24.2 Å². The van der Waals surface area contributed by atoms with E-state index in [0.29, 0.717) is 6.42 Å². The largest absolute Gasteiger partial charge is 0.340 e. The van der Waals surface area contributed by atoms with Crippen molar-refractivity contribution in [2.45, 2.75) is 39.2 Å². The van der Waals surface area contributed by atoms with Crippen molar-refractivity contribution < 1.29 is 4.79 Å². The average Bonchev–Trinajstić information content (AvgIpc) is 2.99. The van der Waals surface area contributed by atoms with Crippen LogP contribution < -0.4 is 0 Å². The minimum Gasteiger partial charge on any atom is -0.340 e. The molecule has 2 heterocycles. The molecule has 0 spiro atoms. The molecule has 0 N–H and O–H groups in total. The van der Waals surface area contributed by atoms with E-state index in [9.17, 15) is 4.79 Å². The Bertz CT molecular complexity index is 442. The van der Waals surface area contributed by atoms with Gasteiger partial charge < -0.3 is 4.90 Å². The maximum Gasteiger partial charge on any atom is 0.222 e. The molecule has 0 aromatic carbocycles. The number of aryl methyl sites for hydroxylation is 2. The molecule has 1 aromatic heterocycles. The minimum atomic E-state index is 0.285. The number of hydrogen-bond acceptors (Lipinski definition) is 4. The first-order chi connectivity index (χ1) is 9.26. The Kier molecular flexibility index (Phi) is 3.84. The summed E-state index contributed by atoms with van der Waals surface area (Å²) in [6, 6.07) is 0. The van der Waals surface area contributed by atoms with Gasteiger partial charge in [0.25, 0.3) is 0 Å². The molecule has 0 saturated carbocycles. The number of hydrogen-bond donors (Lipinski definition) is 0. The van der Waals surface area contributed by atoms with E-state index in [1.54, 1.807) is 0 Å². The van der Waals surface area contributed by atoms with Crippen LogP contribution in [0.3, 0.4) is 0 Å². The van der Waals surface area contributed by atoms with Gasteiger partial charge in [-0.25, -0.2) is 4.98 Å². The highest BCUT2D eigenvalue weighted by atomic mass is 32.1. The predicted octanol–water partition coefficient (Wildman–Crippen LogP) is 1.69. The Morgan fingerprint density at radius 1 is 1.26 bits per heavy atom. The smallest absolute Gasteiger partial charge is 0.222 e. The number of carbonyl (C=O) groups excluding carboxylic acids is 1. The molecule has 1 aliphatic heterocycles. The van der Waals surface area contributed by atoms with E-state index in [-0.39, 0.29) is 5.91 Å². The van der Waals surface area contributed by atoms with Crippen molar-refractivity contribution in [1.82, 2.24) is 14.8 Å². The van der Waals surface area contributed by atoms with Gasteiger partial charge in [0.05, 0.1) is 12.2 Å². The first kappa shape index (κ1) is 13.1. The van der Waals surface area contributed by atoms with Gasteiger partial charge in [0.1, 0.15) is 5.01 Å². The fraction of sp³-hybridized carbons (Fsp3) is 0.714. The van der Waals surface area contributed by atoms with Gasteiger partial charge in [-0.15, -0.1) is 11.3 Å². The van der Waals surface area contributed by atoms with Crippen LogP contribution in [0.15, 0.2) is 0 Å². The Morgan fingerprint density at radius 2 is 2.05 bits per heavy atom. The number of fused-ring (bicyclic) bond motifs is 1. The molecule has 1 amide bonds. The predicted molar refractivity (Wildman–Crippen MR) is 76.3 cm³/mol. The third kappa shape index (κ3) is 2.82. The zero-order valence-corrected chi connectivity index (χ0v) is 12.3. The van der Waals surface area contributed by atoms with Crippen LogP contribution in [0.5, 0.6) is 0 Å². The lowest BCUT2D eigenvalue weighted by atomic mass is 10.3. The zero-order valence-electron chi connectivity index (χ0n) is 11.5. The van der Waals surface area contributed by atoms with E-state index in [1.807, 2.05) is 23.2 Å². The summed E-state index contributed by atoms with van der Waals surface area (Å²) in [4.78, 5) is 22.3. The summed E-state index contributed by atoms with van der Waals surface area (Å²) < 4.78 is 0. The second-order valence-corrected chi connectivity index (χ2v) is 6.51. The molecule has 0 radical (unpaired) electrons. The van der Waals surface area contributed by atoms with Crippen molar-refractivity contribution in [3.63, 3.8) is 0 Å². The molecule has 104 valence electrons. The number of rotatable bonds is 3. The molecule has 2 aliphatic rings. The van der Waals surface area contributed by atoms with E-state index in [2.05, 4.69) is 4.90 Å². The summed E-state index contributed by atoms with van der Waals surface area (Å²) in [5.74, 6) is 0.285. The first-order valence-electron chi connectivity index (χ1n) is 7.24. The molecule has 19 heavy (non-hydrogen) atoms. The quantitative estimate of drug-likeness (QED) is 0.845. The molecule has 0 bridgehead atoms. The summed E-state index contributed by atoms with van der Waals surface area (Å²) in [6.07, 6.45) is 4.31. The molecule has 3 rings (SSSR count). The van der Waals surface area contributed by atoms with Crippen LogP contribution in [-0.4, -0.2) is 46.9 Å². The number of amides is 1. The third-order valence-corrected chi connectivity index (χ3v) is 5.17. The van der Waals surface area contributed by atoms with Gasteiger partial charge in [-0.1, -0.05) is 6.92 Å². The summed E-state index contributed by atoms with van der Waals surface area (Å²) in [5, 5.41) is 1.26. The summed E-state index contributed by atoms with van der Waals surface area (Å²) in [6.45, 7) is 6.61. The van der Waals surface area contributed by atoms with Crippen molar-refractivity contribution >= 4 is 17.2 Å². The van der Waals surface area contributed by atoms with Gasteiger partial charge in [0.15, 0.2) is 0 Å². The highest BCUT2D eigenvalue weighted by Crippen LogP contribution is 2.28. The SMILES string of the molecule is CCC(=O)N1CCN(Cc2nc3c(s2)CCC3)CC1. The Balaban J connectivity index is 1.53. The fourth-order valence-electron chi connectivity index (χ4n) is 2.88. The highest BCUT2D eigenvalue weighted by molar-refractivity contribution is 7.11. The molecule has 0 unspecified atom stereocenters. The Morgan fingerprint density at radius 3 is 2.74 bits per heavy atom. The zero-order chi connectivity index (χ0) is 13.2. The standard InChI is InChI=1S/C14H21N3OS/c1-2-14(18)17-8-6-16(7-9-17)10-13-15-11-4-3-5-12(11)19-13/h2-10H2,1H3. The van der Waals surface area contributed by atoms with E-state index in [0.717, 1.165) is 32.7 Å². The highest BCUT2D eigenvalue weighted by Gasteiger charge is 2.22. The molecule has 1 aromatic rings. The maximum absolute atomic E-state index is 11.6. The molecular weight excluding hydrogens is 258 g/mol. The molecule has 1 saturated heterocycles. The minimum absolute atomic E-state index is 0.285. The molecule has 1 aliphatic carbocycles. The van der Waals surface area contributed by atoms with Gasteiger partial charge in [0, 0.05) is 37.5 Å². The number of thiazole rings is 1. The number of piperazine rings is 1. The lowest BCUT2D eigenvalue weighted by molar-refractivity contribution is -0.132. The monoisotopic (exact) mass is 279 g/mol. The van der Waals surface area contributed by atoms with Crippen molar-refractivity contribution in [3.05, 3.63) is 15.6 Å². The lowest BCUT2D eigenvalue weighted by Gasteiger charge is -2.34. The van der Waals surface area contributed by atoms with Crippen LogP contribution in [0.25, 0.3) is 0 Å². The number of aromatic nitrogens is 1. The second kappa shape index (κ2) is 5.59. The maximum atomic E-state index is 11.6. The summed E-state index contributed by atoms with van der Waals surface area (Å²) in [7, 11) is 0. The van der Waals surface area contributed by atoms with Crippen LogP contribution in [0.2, 0.25) is 0 Å². The van der Waals surface area contributed by atoms with Crippen LogP contribution in [0.1, 0.15) is 35.3 Å². The van der Waals surface area contributed by atoms with Gasteiger partial charge in [-0.3, -0.25) is 9.69 Å². The first-order valence-corrected chi connectivity index (χ1v) is 8.05. The topological polar surface area (TPSA) is 36.4 Å². The van der Waals surface area contributed by atoms with E-state index >= 15 is 0 Å². The second-order valence-electron chi connectivity index (χ2n) is 5.34. The van der Waals surface area contributed by atoms with Crippen molar-refractivity contribution in [2.75, 3.05) is 26.2 Å². The normalized spacial score (nSPS) is 19.7. The third-order valence-electron chi connectivity index (χ3n) is 4.03. The van der Waals surface area contributed by atoms with Crippen LogP contribution >= 0.6 is 11.3 Å². The van der Waals surface area contributed by atoms with Gasteiger partial charge in [-0.05, 0) is 19.3 Å². The molecule has 5 heteroatoms. The average molecular weight is 279 g/mol. The fourth-order valence-corrected chi connectivity index (χ4v) is 4.08. The summed E-state index contributed by atoms with van der Waals surface area (Å²) >= 11 is 1.89. The number of nitrogens with zero attached hydrogens (tertiary/aromatic N) is 3. The lowest BCUT2D eigenvalue weighted by Crippen LogP contribution is -2.48. The van der Waals surface area contributed by atoms with Crippen LogP contribution in [0, 0.1) is 0 Å². The Hall–Kier alpha value is -0.940. The van der Waals surface area contributed by atoms with E-state index in [4.69, 9.17) is 4.98 Å². The molecule has 4 nitrogen and oxygen atoms in total. The molecule has 0 atom stereocenters. The van der Waals surface area contributed by atoms with Crippen molar-refractivity contribution in [2.24, 2.45) is 0 Å². The Labute approximate surface area is 118 Å². The van der Waals surface area contributed by atoms with Gasteiger partial charge in [-0.2, -0.15) is 0 Å². The molecular formula is C14H21N3OS. The number of carbonyl (C=O) groups is 1. The van der Waals surface area contributed by atoms with Crippen molar-refractivity contribution in [1.29, 1.82) is 0 Å². The van der Waals surface area contributed by atoms with E-state index in [1.165, 1.54) is 34.8 Å². The molecule has 1 fully saturated rings. The van der Waals surface area contributed by atoms with Gasteiger partial charge in [0.2, 0.25) is 5.91 Å². The van der Waals surface area contributed by atoms with E-state index < -0.39 is 0 Å². The summed E-state index contributed by atoms with van der Waals surface area (Å²) in [5.41, 5.74) is 1.35. The van der Waals surface area contributed by atoms with Crippen molar-refractivity contribution in [3.8, 4) is 0 Å². The van der Waals surface area contributed by atoms with Gasteiger partial charge >= 0.3 is 0 Å².